The summed E-state index contributed by atoms with van der Waals surface area (Å²) in [6, 6.07) is 17.8. The zero-order chi connectivity index (χ0) is 19.9. The van der Waals surface area contributed by atoms with Gasteiger partial charge in [0.1, 0.15) is 23.0 Å². The molecular weight excluding hydrogens is 352 g/mol. The standard InChI is InChI=1S/C24H22O4/c1-27-23-15-20(10-4-18-7-13-22(26)14-8-18)24(28-2)16-19(23)9-3-17-5-11-21(25)12-6-17/h3-16,25-26H,1-2H3/b9-3+,10-4+. The normalized spacial score (nSPS) is 11.2. The van der Waals surface area contributed by atoms with Crippen molar-refractivity contribution in [1.82, 2.24) is 0 Å². The highest BCUT2D eigenvalue weighted by Crippen LogP contribution is 2.32. The number of phenols is 2. The van der Waals surface area contributed by atoms with E-state index in [1.165, 1.54) is 0 Å². The van der Waals surface area contributed by atoms with Gasteiger partial charge in [-0.2, -0.15) is 0 Å². The Morgan fingerprint density at radius 2 is 0.929 bits per heavy atom. The zero-order valence-corrected chi connectivity index (χ0v) is 15.8. The molecule has 3 aromatic rings. The van der Waals surface area contributed by atoms with E-state index in [2.05, 4.69) is 0 Å². The van der Waals surface area contributed by atoms with Crippen LogP contribution in [0, 0.1) is 0 Å². The molecule has 3 aromatic carbocycles. The molecule has 0 saturated heterocycles. The molecule has 4 heteroatoms. The van der Waals surface area contributed by atoms with E-state index in [4.69, 9.17) is 9.47 Å². The first-order chi connectivity index (χ1) is 13.6. The molecule has 0 unspecified atom stereocenters. The number of hydrogen-bond acceptors (Lipinski definition) is 4. The molecule has 0 bridgehead atoms. The van der Waals surface area contributed by atoms with E-state index >= 15 is 0 Å². The maximum absolute atomic E-state index is 9.39. The van der Waals surface area contributed by atoms with E-state index in [9.17, 15) is 10.2 Å². The van der Waals surface area contributed by atoms with Crippen LogP contribution in [0.25, 0.3) is 24.3 Å². The minimum Gasteiger partial charge on any atom is -0.508 e. The first-order valence-corrected chi connectivity index (χ1v) is 8.79. The van der Waals surface area contributed by atoms with Crippen LogP contribution in [0.3, 0.4) is 0 Å². The van der Waals surface area contributed by atoms with E-state index in [1.807, 2.05) is 60.7 Å². The van der Waals surface area contributed by atoms with Crippen LogP contribution in [0.4, 0.5) is 0 Å². The van der Waals surface area contributed by atoms with Crippen LogP contribution in [0.15, 0.2) is 60.7 Å². The first kappa shape index (κ1) is 19.1. The molecule has 142 valence electrons. The van der Waals surface area contributed by atoms with Gasteiger partial charge in [0.05, 0.1) is 14.2 Å². The Hall–Kier alpha value is -3.66. The van der Waals surface area contributed by atoms with E-state index < -0.39 is 0 Å². The summed E-state index contributed by atoms with van der Waals surface area (Å²) in [5.41, 5.74) is 3.70. The molecule has 0 spiro atoms. The van der Waals surface area contributed by atoms with Gasteiger partial charge in [0, 0.05) is 11.1 Å². The van der Waals surface area contributed by atoms with Crippen molar-refractivity contribution in [2.24, 2.45) is 0 Å². The van der Waals surface area contributed by atoms with Gasteiger partial charge in [-0.15, -0.1) is 0 Å². The lowest BCUT2D eigenvalue weighted by Crippen LogP contribution is -1.93. The van der Waals surface area contributed by atoms with Gasteiger partial charge >= 0.3 is 0 Å². The maximum atomic E-state index is 9.39. The second kappa shape index (κ2) is 8.82. The summed E-state index contributed by atoms with van der Waals surface area (Å²) in [7, 11) is 3.26. The maximum Gasteiger partial charge on any atom is 0.126 e. The van der Waals surface area contributed by atoms with E-state index in [-0.39, 0.29) is 11.5 Å². The SMILES string of the molecule is COc1cc(/C=C/c2ccc(O)cc2)c(OC)cc1/C=C/c1ccc(O)cc1. The quantitative estimate of drug-likeness (QED) is 0.563. The van der Waals surface area contributed by atoms with E-state index in [1.54, 1.807) is 38.5 Å². The van der Waals surface area contributed by atoms with Crippen molar-refractivity contribution in [1.29, 1.82) is 0 Å². The molecule has 0 saturated carbocycles. The van der Waals surface area contributed by atoms with E-state index in [0.29, 0.717) is 0 Å². The number of hydrogen-bond donors (Lipinski definition) is 2. The van der Waals surface area contributed by atoms with Gasteiger partial charge in [-0.25, -0.2) is 0 Å². The number of methoxy groups -OCH3 is 2. The predicted molar refractivity (Wildman–Crippen MR) is 114 cm³/mol. The number of benzene rings is 3. The summed E-state index contributed by atoms with van der Waals surface area (Å²) in [6.45, 7) is 0. The van der Waals surface area contributed by atoms with Gasteiger partial charge in [0.15, 0.2) is 0 Å². The molecule has 3 rings (SSSR count). The molecule has 28 heavy (non-hydrogen) atoms. The van der Waals surface area contributed by atoms with Crippen molar-refractivity contribution in [3.8, 4) is 23.0 Å². The highest BCUT2D eigenvalue weighted by Gasteiger charge is 2.08. The van der Waals surface area contributed by atoms with Gasteiger partial charge in [0.25, 0.3) is 0 Å². The van der Waals surface area contributed by atoms with Crippen molar-refractivity contribution >= 4 is 24.3 Å². The summed E-state index contributed by atoms with van der Waals surface area (Å²) in [4.78, 5) is 0. The van der Waals surface area contributed by atoms with Crippen LogP contribution < -0.4 is 9.47 Å². The topological polar surface area (TPSA) is 58.9 Å². The Labute approximate surface area is 164 Å². The third kappa shape index (κ3) is 4.74. The largest absolute Gasteiger partial charge is 0.508 e. The van der Waals surface area contributed by atoms with Gasteiger partial charge in [-0.1, -0.05) is 48.6 Å². The summed E-state index contributed by atoms with van der Waals surface area (Å²) < 4.78 is 11.1. The monoisotopic (exact) mass is 374 g/mol. The molecule has 0 heterocycles. The van der Waals surface area contributed by atoms with Crippen LogP contribution in [0.5, 0.6) is 23.0 Å². The molecule has 0 aromatic heterocycles. The minimum absolute atomic E-state index is 0.237. The fourth-order valence-corrected chi connectivity index (χ4v) is 2.75. The van der Waals surface area contributed by atoms with Crippen molar-refractivity contribution < 1.29 is 19.7 Å². The smallest absolute Gasteiger partial charge is 0.126 e. The number of ether oxygens (including phenoxy) is 2. The third-order valence-corrected chi connectivity index (χ3v) is 4.28. The summed E-state index contributed by atoms with van der Waals surface area (Å²) in [6.07, 6.45) is 7.79. The number of rotatable bonds is 6. The Morgan fingerprint density at radius 3 is 1.25 bits per heavy atom. The molecule has 0 amide bonds. The van der Waals surface area contributed by atoms with Gasteiger partial charge in [-0.3, -0.25) is 0 Å². The highest BCUT2D eigenvalue weighted by molar-refractivity contribution is 5.79. The molecule has 0 aliphatic carbocycles. The molecule has 0 fully saturated rings. The van der Waals surface area contributed by atoms with E-state index in [0.717, 1.165) is 33.8 Å². The Bertz CT molecular complexity index is 901. The van der Waals surface area contributed by atoms with Crippen molar-refractivity contribution in [3.05, 3.63) is 82.9 Å². The summed E-state index contributed by atoms with van der Waals surface area (Å²) in [5, 5.41) is 18.8. The molecule has 0 radical (unpaired) electrons. The summed E-state index contributed by atoms with van der Waals surface area (Å²) >= 11 is 0. The molecule has 4 nitrogen and oxygen atoms in total. The lowest BCUT2D eigenvalue weighted by molar-refractivity contribution is 0.401. The average molecular weight is 374 g/mol. The summed E-state index contributed by atoms with van der Waals surface area (Å²) in [5.74, 6) is 1.92. The first-order valence-electron chi connectivity index (χ1n) is 8.79. The second-order valence-electron chi connectivity index (χ2n) is 6.19. The number of aromatic hydroxyl groups is 2. The Balaban J connectivity index is 1.90. The Morgan fingerprint density at radius 1 is 0.571 bits per heavy atom. The Kier molecular flexibility index (Phi) is 6.02. The van der Waals surface area contributed by atoms with Crippen LogP contribution in [0.2, 0.25) is 0 Å². The molecule has 0 aliphatic heterocycles. The number of phenolic OH excluding ortho intramolecular Hbond substituents is 2. The fraction of sp³-hybridized carbons (Fsp3) is 0.0833. The molecular formula is C24H22O4. The lowest BCUT2D eigenvalue weighted by atomic mass is 10.1. The van der Waals surface area contributed by atoms with Crippen LogP contribution in [-0.4, -0.2) is 24.4 Å². The lowest BCUT2D eigenvalue weighted by Gasteiger charge is -2.11. The van der Waals surface area contributed by atoms with Gasteiger partial charge in [0.2, 0.25) is 0 Å². The van der Waals surface area contributed by atoms with Crippen LogP contribution in [-0.2, 0) is 0 Å². The van der Waals surface area contributed by atoms with Crippen molar-refractivity contribution in [3.63, 3.8) is 0 Å². The molecule has 2 N–H and O–H groups in total. The third-order valence-electron chi connectivity index (χ3n) is 4.28. The minimum atomic E-state index is 0.237. The van der Waals surface area contributed by atoms with Crippen LogP contribution >= 0.6 is 0 Å². The van der Waals surface area contributed by atoms with Gasteiger partial charge < -0.3 is 19.7 Å². The predicted octanol–water partition coefficient (Wildman–Crippen LogP) is 5.46. The van der Waals surface area contributed by atoms with Gasteiger partial charge in [-0.05, 0) is 47.5 Å². The van der Waals surface area contributed by atoms with Crippen LogP contribution in [0.1, 0.15) is 22.3 Å². The zero-order valence-electron chi connectivity index (χ0n) is 15.8. The fourth-order valence-electron chi connectivity index (χ4n) is 2.75. The van der Waals surface area contributed by atoms with Crippen molar-refractivity contribution in [2.75, 3.05) is 14.2 Å². The van der Waals surface area contributed by atoms with Crippen molar-refractivity contribution in [2.45, 2.75) is 0 Å². The average Bonchev–Trinajstić information content (AvgIpc) is 2.72. The molecule has 0 aliphatic rings. The molecule has 0 atom stereocenters. The highest BCUT2D eigenvalue weighted by atomic mass is 16.5. The second-order valence-corrected chi connectivity index (χ2v) is 6.19.